The molecule has 0 aromatic heterocycles. The van der Waals surface area contributed by atoms with Gasteiger partial charge in [0.15, 0.2) is 5.78 Å². The summed E-state index contributed by atoms with van der Waals surface area (Å²) in [4.78, 5) is 11.3. The average Bonchev–Trinajstić information content (AvgIpc) is 2.23. The van der Waals surface area contributed by atoms with Crippen molar-refractivity contribution in [1.82, 2.24) is 0 Å². The quantitative estimate of drug-likeness (QED) is 0.769. The minimum Gasteiger partial charge on any atom is -0.507 e. The van der Waals surface area contributed by atoms with Crippen LogP contribution in [0.2, 0.25) is 0 Å². The Kier molecular flexibility index (Phi) is 3.90. The summed E-state index contributed by atoms with van der Waals surface area (Å²) in [6.45, 7) is 5.43. The maximum Gasteiger partial charge on any atom is 0.163 e. The summed E-state index contributed by atoms with van der Waals surface area (Å²) in [6, 6.07) is 1.47. The van der Waals surface area contributed by atoms with Gasteiger partial charge in [0.1, 0.15) is 11.5 Å². The standard InChI is InChI=1S/C12H16O4/c1-4-16-6-10-11(14)7(2)5-9(8(3)13)12(10)15/h5,14-15H,4,6H2,1-3H3. The number of phenols is 2. The summed E-state index contributed by atoms with van der Waals surface area (Å²) in [5.41, 5.74) is 1.04. The molecule has 0 saturated heterocycles. The van der Waals surface area contributed by atoms with E-state index in [2.05, 4.69) is 0 Å². The first-order valence-electron chi connectivity index (χ1n) is 5.12. The maximum absolute atomic E-state index is 11.3. The highest BCUT2D eigenvalue weighted by Crippen LogP contribution is 2.34. The Hall–Kier alpha value is -1.55. The van der Waals surface area contributed by atoms with Crippen LogP contribution in [0.3, 0.4) is 0 Å². The van der Waals surface area contributed by atoms with Crippen molar-refractivity contribution in [2.45, 2.75) is 27.4 Å². The third kappa shape index (κ3) is 2.33. The number of ketones is 1. The van der Waals surface area contributed by atoms with Crippen molar-refractivity contribution in [3.8, 4) is 11.5 Å². The Bertz CT molecular complexity index is 410. The van der Waals surface area contributed by atoms with E-state index < -0.39 is 0 Å². The van der Waals surface area contributed by atoms with Crippen molar-refractivity contribution >= 4 is 5.78 Å². The SMILES string of the molecule is CCOCc1c(O)c(C)cc(C(C)=O)c1O. The van der Waals surface area contributed by atoms with Crippen LogP contribution in [0.5, 0.6) is 11.5 Å². The van der Waals surface area contributed by atoms with Gasteiger partial charge in [0.05, 0.1) is 17.7 Å². The lowest BCUT2D eigenvalue weighted by atomic mass is 10.0. The van der Waals surface area contributed by atoms with Gasteiger partial charge in [0, 0.05) is 6.61 Å². The minimum atomic E-state index is -0.238. The number of benzene rings is 1. The molecule has 1 rings (SSSR count). The number of ether oxygens (including phenoxy) is 1. The highest BCUT2D eigenvalue weighted by atomic mass is 16.5. The van der Waals surface area contributed by atoms with Gasteiger partial charge < -0.3 is 14.9 Å². The zero-order valence-corrected chi connectivity index (χ0v) is 9.70. The van der Waals surface area contributed by atoms with Crippen LogP contribution in [0.25, 0.3) is 0 Å². The van der Waals surface area contributed by atoms with Gasteiger partial charge in [-0.25, -0.2) is 0 Å². The van der Waals surface area contributed by atoms with Crippen molar-refractivity contribution in [2.24, 2.45) is 0 Å². The first-order valence-corrected chi connectivity index (χ1v) is 5.12. The van der Waals surface area contributed by atoms with Gasteiger partial charge in [-0.15, -0.1) is 0 Å². The lowest BCUT2D eigenvalue weighted by Crippen LogP contribution is -2.00. The van der Waals surface area contributed by atoms with Crippen LogP contribution in [0, 0.1) is 6.92 Å². The van der Waals surface area contributed by atoms with Crippen LogP contribution >= 0.6 is 0 Å². The second-order valence-electron chi connectivity index (χ2n) is 3.61. The Morgan fingerprint density at radius 2 is 2.00 bits per heavy atom. The zero-order chi connectivity index (χ0) is 12.3. The van der Waals surface area contributed by atoms with Gasteiger partial charge in [0.25, 0.3) is 0 Å². The van der Waals surface area contributed by atoms with E-state index in [1.807, 2.05) is 6.92 Å². The summed E-state index contributed by atoms with van der Waals surface area (Å²) >= 11 is 0. The van der Waals surface area contributed by atoms with Crippen molar-refractivity contribution in [3.63, 3.8) is 0 Å². The molecule has 0 amide bonds. The van der Waals surface area contributed by atoms with E-state index in [-0.39, 0.29) is 35.0 Å². The molecule has 16 heavy (non-hydrogen) atoms. The highest BCUT2D eigenvalue weighted by molar-refractivity contribution is 5.97. The number of carbonyl (C=O) groups is 1. The third-order valence-electron chi connectivity index (χ3n) is 2.39. The summed E-state index contributed by atoms with van der Waals surface area (Å²) in [6.07, 6.45) is 0. The van der Waals surface area contributed by atoms with Gasteiger partial charge in [-0.3, -0.25) is 4.79 Å². The highest BCUT2D eigenvalue weighted by Gasteiger charge is 2.17. The fourth-order valence-corrected chi connectivity index (χ4v) is 1.48. The number of Topliss-reactive ketones (excluding diaryl/α,β-unsaturated/α-hetero) is 1. The minimum absolute atomic E-state index is 0.0176. The lowest BCUT2D eigenvalue weighted by Gasteiger charge is -2.12. The van der Waals surface area contributed by atoms with Gasteiger partial charge in [0.2, 0.25) is 0 Å². The molecule has 0 fully saturated rings. The Morgan fingerprint density at radius 3 is 2.50 bits per heavy atom. The van der Waals surface area contributed by atoms with Crippen LogP contribution in [0.4, 0.5) is 0 Å². The van der Waals surface area contributed by atoms with Gasteiger partial charge in [-0.2, -0.15) is 0 Å². The van der Waals surface area contributed by atoms with E-state index >= 15 is 0 Å². The van der Waals surface area contributed by atoms with Gasteiger partial charge in [-0.1, -0.05) is 0 Å². The van der Waals surface area contributed by atoms with Crippen molar-refractivity contribution < 1.29 is 19.7 Å². The Balaban J connectivity index is 3.28. The van der Waals surface area contributed by atoms with Crippen LogP contribution in [-0.2, 0) is 11.3 Å². The molecular weight excluding hydrogens is 208 g/mol. The number of hydrogen-bond acceptors (Lipinski definition) is 4. The molecule has 0 aliphatic rings. The van der Waals surface area contributed by atoms with E-state index in [0.29, 0.717) is 12.2 Å². The molecule has 1 aromatic rings. The Labute approximate surface area is 94.5 Å². The second kappa shape index (κ2) is 4.99. The normalized spacial score (nSPS) is 10.4. The summed E-state index contributed by atoms with van der Waals surface area (Å²) < 4.78 is 5.14. The summed E-state index contributed by atoms with van der Waals surface area (Å²) in [7, 11) is 0. The smallest absolute Gasteiger partial charge is 0.163 e. The molecular formula is C12H16O4. The fourth-order valence-electron chi connectivity index (χ4n) is 1.48. The fraction of sp³-hybridized carbons (Fsp3) is 0.417. The first-order chi connectivity index (χ1) is 7.49. The molecule has 0 unspecified atom stereocenters. The number of aryl methyl sites for hydroxylation is 1. The molecule has 4 nitrogen and oxygen atoms in total. The topological polar surface area (TPSA) is 66.8 Å². The molecule has 0 aliphatic carbocycles. The molecule has 4 heteroatoms. The molecule has 88 valence electrons. The number of rotatable bonds is 4. The predicted octanol–water partition coefficient (Wildman–Crippen LogP) is 2.15. The van der Waals surface area contributed by atoms with Crippen LogP contribution in [0.1, 0.15) is 35.3 Å². The zero-order valence-electron chi connectivity index (χ0n) is 9.70. The van der Waals surface area contributed by atoms with E-state index in [9.17, 15) is 15.0 Å². The van der Waals surface area contributed by atoms with Crippen molar-refractivity contribution in [3.05, 3.63) is 22.8 Å². The van der Waals surface area contributed by atoms with Gasteiger partial charge >= 0.3 is 0 Å². The molecule has 1 aromatic carbocycles. The first kappa shape index (κ1) is 12.5. The molecule has 0 heterocycles. The largest absolute Gasteiger partial charge is 0.507 e. The maximum atomic E-state index is 11.3. The molecule has 0 radical (unpaired) electrons. The van der Waals surface area contributed by atoms with E-state index in [4.69, 9.17) is 4.74 Å². The summed E-state index contributed by atoms with van der Waals surface area (Å²) in [5, 5.41) is 19.6. The van der Waals surface area contributed by atoms with Crippen molar-refractivity contribution in [1.29, 1.82) is 0 Å². The van der Waals surface area contributed by atoms with Gasteiger partial charge in [-0.05, 0) is 32.4 Å². The Morgan fingerprint density at radius 1 is 1.38 bits per heavy atom. The summed E-state index contributed by atoms with van der Waals surface area (Å²) in [5.74, 6) is -0.446. The van der Waals surface area contributed by atoms with E-state index in [0.717, 1.165) is 0 Å². The van der Waals surface area contributed by atoms with E-state index in [1.54, 1.807) is 6.92 Å². The molecule has 0 atom stereocenters. The second-order valence-corrected chi connectivity index (χ2v) is 3.61. The monoisotopic (exact) mass is 224 g/mol. The van der Waals surface area contributed by atoms with Crippen LogP contribution in [0.15, 0.2) is 6.07 Å². The molecule has 0 spiro atoms. The third-order valence-corrected chi connectivity index (χ3v) is 2.39. The lowest BCUT2D eigenvalue weighted by molar-refractivity contribution is 0.101. The van der Waals surface area contributed by atoms with Crippen LogP contribution < -0.4 is 0 Å². The van der Waals surface area contributed by atoms with E-state index in [1.165, 1.54) is 13.0 Å². The van der Waals surface area contributed by atoms with Crippen molar-refractivity contribution in [2.75, 3.05) is 6.61 Å². The van der Waals surface area contributed by atoms with Crippen LogP contribution in [-0.4, -0.2) is 22.6 Å². The molecule has 0 aliphatic heterocycles. The predicted molar refractivity (Wildman–Crippen MR) is 59.8 cm³/mol. The average molecular weight is 224 g/mol. The molecule has 2 N–H and O–H groups in total. The number of hydrogen-bond donors (Lipinski definition) is 2. The number of aromatic hydroxyl groups is 2. The number of carbonyl (C=O) groups excluding carboxylic acids is 1. The molecule has 0 saturated carbocycles. The molecule has 0 bridgehead atoms. The number of phenolic OH excluding ortho intramolecular Hbond substituents is 2.